The molecule has 4 rings (SSSR count). The summed E-state index contributed by atoms with van der Waals surface area (Å²) >= 11 is 0. The van der Waals surface area contributed by atoms with E-state index in [2.05, 4.69) is 4.99 Å². The Morgan fingerprint density at radius 3 is 2.72 bits per heavy atom. The van der Waals surface area contributed by atoms with Gasteiger partial charge < -0.3 is 14.7 Å². The minimum Gasteiger partial charge on any atom is -0.493 e. The average molecular weight is 406 g/mol. The molecule has 0 spiro atoms. The number of hydrogen-bond acceptors (Lipinski definition) is 5. The molecule has 0 fully saturated rings. The minimum absolute atomic E-state index is 0.113. The molecule has 0 saturated heterocycles. The number of aliphatic hydroxyl groups excluding tert-OH is 1. The van der Waals surface area contributed by atoms with E-state index >= 15 is 0 Å². The summed E-state index contributed by atoms with van der Waals surface area (Å²) < 4.78 is 45.5. The third-order valence-corrected chi connectivity index (χ3v) is 5.20. The van der Waals surface area contributed by atoms with Crippen LogP contribution in [-0.4, -0.2) is 29.7 Å². The van der Waals surface area contributed by atoms with E-state index in [1.165, 1.54) is 17.2 Å². The molecule has 2 aliphatic rings. The SMILES string of the molecule is CCOc1ccc(C2=NC(c3cccc4c3CCC4O)N(C)O2)cc1C(F)(F)F. The van der Waals surface area contributed by atoms with E-state index in [-0.39, 0.29) is 23.8 Å². The van der Waals surface area contributed by atoms with Gasteiger partial charge in [0.1, 0.15) is 5.75 Å². The van der Waals surface area contributed by atoms with Crippen molar-refractivity contribution >= 4 is 5.90 Å². The fraction of sp³-hybridized carbons (Fsp3) is 0.381. The first-order chi connectivity index (χ1) is 13.8. The predicted octanol–water partition coefficient (Wildman–Crippen LogP) is 4.41. The maximum Gasteiger partial charge on any atom is 0.419 e. The van der Waals surface area contributed by atoms with Crippen molar-refractivity contribution < 1.29 is 27.9 Å². The van der Waals surface area contributed by atoms with E-state index in [0.717, 1.165) is 29.2 Å². The number of aliphatic hydroxyl groups is 1. The topological polar surface area (TPSA) is 54.3 Å². The first kappa shape index (κ1) is 19.7. The van der Waals surface area contributed by atoms with Gasteiger partial charge in [-0.3, -0.25) is 0 Å². The van der Waals surface area contributed by atoms with Gasteiger partial charge in [0.2, 0.25) is 5.90 Å². The van der Waals surface area contributed by atoms with Crippen LogP contribution in [0.15, 0.2) is 41.4 Å². The summed E-state index contributed by atoms with van der Waals surface area (Å²) in [6, 6.07) is 9.44. The van der Waals surface area contributed by atoms with Gasteiger partial charge in [0, 0.05) is 12.6 Å². The zero-order valence-electron chi connectivity index (χ0n) is 16.0. The molecular formula is C21H21F3N2O3. The molecule has 1 aliphatic heterocycles. The Labute approximate surface area is 166 Å². The van der Waals surface area contributed by atoms with Gasteiger partial charge in [-0.25, -0.2) is 4.99 Å². The Morgan fingerprint density at radius 2 is 2.00 bits per heavy atom. The third kappa shape index (κ3) is 3.58. The van der Waals surface area contributed by atoms with Crippen LogP contribution in [-0.2, 0) is 17.4 Å². The molecule has 2 unspecified atom stereocenters. The van der Waals surface area contributed by atoms with Gasteiger partial charge in [0.15, 0.2) is 6.17 Å². The number of fused-ring (bicyclic) bond motifs is 1. The molecule has 2 atom stereocenters. The molecule has 0 amide bonds. The fourth-order valence-electron chi connectivity index (χ4n) is 3.86. The molecule has 1 N–H and O–H groups in total. The quantitative estimate of drug-likeness (QED) is 0.818. The first-order valence-electron chi connectivity index (χ1n) is 9.42. The van der Waals surface area contributed by atoms with Crippen molar-refractivity contribution in [2.24, 2.45) is 4.99 Å². The Bertz CT molecular complexity index is 959. The standard InChI is InChI=1S/C21H21F3N2O3/c1-3-28-18-10-7-12(11-16(18)21(22,23)24)20-25-19(26(2)29-20)15-6-4-5-14-13(15)8-9-17(14)27/h4-7,10-11,17,19,27H,3,8-9H2,1-2H3. The van der Waals surface area contributed by atoms with Crippen LogP contribution in [0.3, 0.4) is 0 Å². The average Bonchev–Trinajstić information content (AvgIpc) is 3.25. The number of hydrogen-bond donors (Lipinski definition) is 1. The second kappa shape index (κ2) is 7.35. The Morgan fingerprint density at radius 1 is 1.24 bits per heavy atom. The number of nitrogens with zero attached hydrogens (tertiary/aromatic N) is 2. The van der Waals surface area contributed by atoms with Crippen LogP contribution >= 0.6 is 0 Å². The molecule has 2 aromatic carbocycles. The number of rotatable bonds is 4. The third-order valence-electron chi connectivity index (χ3n) is 5.20. The Kier molecular flexibility index (Phi) is 5.00. The van der Waals surface area contributed by atoms with Crippen molar-refractivity contribution in [1.82, 2.24) is 5.06 Å². The van der Waals surface area contributed by atoms with Crippen molar-refractivity contribution in [3.05, 3.63) is 64.2 Å². The highest BCUT2D eigenvalue weighted by atomic mass is 19.4. The summed E-state index contributed by atoms with van der Waals surface area (Å²) in [6.07, 6.45) is -4.17. The van der Waals surface area contributed by atoms with E-state index in [0.29, 0.717) is 6.42 Å². The molecule has 0 radical (unpaired) electrons. The summed E-state index contributed by atoms with van der Waals surface area (Å²) in [6.45, 7) is 1.77. The van der Waals surface area contributed by atoms with E-state index in [1.54, 1.807) is 14.0 Å². The normalized spacial score (nSPS) is 21.7. The number of halogens is 3. The largest absolute Gasteiger partial charge is 0.493 e. The van der Waals surface area contributed by atoms with Crippen LogP contribution in [0.25, 0.3) is 0 Å². The summed E-state index contributed by atoms with van der Waals surface area (Å²) in [4.78, 5) is 10.2. The van der Waals surface area contributed by atoms with E-state index in [1.807, 2.05) is 18.2 Å². The lowest BCUT2D eigenvalue weighted by atomic mass is 10.0. The Hall–Kier alpha value is -2.58. The van der Waals surface area contributed by atoms with E-state index < -0.39 is 24.0 Å². The maximum absolute atomic E-state index is 13.4. The van der Waals surface area contributed by atoms with Crippen LogP contribution in [0.5, 0.6) is 5.75 Å². The lowest BCUT2D eigenvalue weighted by Gasteiger charge is -2.19. The molecule has 0 aromatic heterocycles. The molecule has 1 aliphatic carbocycles. The van der Waals surface area contributed by atoms with Gasteiger partial charge in [-0.1, -0.05) is 18.2 Å². The zero-order chi connectivity index (χ0) is 20.8. The predicted molar refractivity (Wildman–Crippen MR) is 100 cm³/mol. The van der Waals surface area contributed by atoms with Gasteiger partial charge in [0.05, 0.1) is 18.3 Å². The number of benzene rings is 2. The highest BCUT2D eigenvalue weighted by Crippen LogP contribution is 2.40. The molecule has 5 nitrogen and oxygen atoms in total. The number of aliphatic imine (C=N–C) groups is 1. The minimum atomic E-state index is -4.55. The van der Waals surface area contributed by atoms with Crippen LogP contribution in [0.4, 0.5) is 13.2 Å². The van der Waals surface area contributed by atoms with Crippen molar-refractivity contribution in [3.8, 4) is 5.75 Å². The molecule has 8 heteroatoms. The summed E-state index contributed by atoms with van der Waals surface area (Å²) in [5.41, 5.74) is 2.15. The van der Waals surface area contributed by atoms with E-state index in [9.17, 15) is 18.3 Å². The fourth-order valence-corrected chi connectivity index (χ4v) is 3.86. The molecule has 29 heavy (non-hydrogen) atoms. The monoisotopic (exact) mass is 406 g/mol. The zero-order valence-corrected chi connectivity index (χ0v) is 16.0. The molecule has 0 bridgehead atoms. The summed E-state index contributed by atoms with van der Waals surface area (Å²) in [5.74, 6) is -0.107. The second-order valence-corrected chi connectivity index (χ2v) is 7.06. The number of alkyl halides is 3. The number of ether oxygens (including phenoxy) is 1. The van der Waals surface area contributed by atoms with Crippen molar-refractivity contribution in [3.63, 3.8) is 0 Å². The first-order valence-corrected chi connectivity index (χ1v) is 9.42. The number of hydroxylamine groups is 2. The van der Waals surface area contributed by atoms with Crippen LogP contribution in [0.2, 0.25) is 0 Å². The maximum atomic E-state index is 13.4. The lowest BCUT2D eigenvalue weighted by Crippen LogP contribution is -2.20. The van der Waals surface area contributed by atoms with E-state index in [4.69, 9.17) is 9.57 Å². The van der Waals surface area contributed by atoms with Gasteiger partial charge in [-0.2, -0.15) is 13.2 Å². The Balaban J connectivity index is 1.71. The van der Waals surface area contributed by atoms with Crippen molar-refractivity contribution in [2.75, 3.05) is 13.7 Å². The van der Waals surface area contributed by atoms with Crippen LogP contribution in [0, 0.1) is 0 Å². The van der Waals surface area contributed by atoms with Gasteiger partial charge >= 0.3 is 6.18 Å². The van der Waals surface area contributed by atoms with Gasteiger partial charge in [-0.05, 0) is 54.7 Å². The summed E-state index contributed by atoms with van der Waals surface area (Å²) in [5, 5.41) is 11.6. The van der Waals surface area contributed by atoms with Crippen LogP contribution in [0.1, 0.15) is 53.4 Å². The second-order valence-electron chi connectivity index (χ2n) is 7.06. The molecule has 2 aromatic rings. The molecular weight excluding hydrogens is 385 g/mol. The van der Waals surface area contributed by atoms with Crippen LogP contribution < -0.4 is 4.74 Å². The highest BCUT2D eigenvalue weighted by Gasteiger charge is 2.37. The molecule has 1 heterocycles. The van der Waals surface area contributed by atoms with Crippen molar-refractivity contribution in [2.45, 2.75) is 38.2 Å². The highest BCUT2D eigenvalue weighted by molar-refractivity contribution is 5.95. The van der Waals surface area contributed by atoms with Gasteiger partial charge in [-0.15, -0.1) is 5.06 Å². The van der Waals surface area contributed by atoms with Gasteiger partial charge in [0.25, 0.3) is 0 Å². The molecule has 154 valence electrons. The van der Waals surface area contributed by atoms with Crippen molar-refractivity contribution in [1.29, 1.82) is 0 Å². The lowest BCUT2D eigenvalue weighted by molar-refractivity contribution is -0.138. The smallest absolute Gasteiger partial charge is 0.419 e. The summed E-state index contributed by atoms with van der Waals surface area (Å²) in [7, 11) is 1.69. The molecule has 0 saturated carbocycles.